The van der Waals surface area contributed by atoms with E-state index in [-0.39, 0.29) is 5.56 Å². The number of nitrogens with one attached hydrogen (secondary N) is 1. The van der Waals surface area contributed by atoms with Gasteiger partial charge in [0.25, 0.3) is 5.56 Å². The second-order valence-electron chi connectivity index (χ2n) is 5.28. The van der Waals surface area contributed by atoms with Crippen LogP contribution in [0.2, 0.25) is 0 Å². The summed E-state index contributed by atoms with van der Waals surface area (Å²) in [5, 5.41) is 5.14. The van der Waals surface area contributed by atoms with E-state index in [0.717, 1.165) is 16.5 Å². The number of methoxy groups -OCH3 is 1. The number of H-pyrrole nitrogens is 1. The Morgan fingerprint density at radius 2 is 1.96 bits per heavy atom. The lowest BCUT2D eigenvalue weighted by atomic mass is 10.2. The second kappa shape index (κ2) is 5.66. The van der Waals surface area contributed by atoms with Crippen LogP contribution in [-0.4, -0.2) is 28.0 Å². The zero-order chi connectivity index (χ0) is 16.5. The van der Waals surface area contributed by atoms with Gasteiger partial charge in [0.05, 0.1) is 13.3 Å². The van der Waals surface area contributed by atoms with Gasteiger partial charge in [0, 0.05) is 16.5 Å². The van der Waals surface area contributed by atoms with Crippen molar-refractivity contribution in [3.63, 3.8) is 0 Å². The van der Waals surface area contributed by atoms with Crippen molar-refractivity contribution >= 4 is 28.2 Å². The number of aromatic nitrogens is 3. The summed E-state index contributed by atoms with van der Waals surface area (Å²) in [6, 6.07) is 15.1. The van der Waals surface area contributed by atoms with Crippen molar-refractivity contribution in [2.45, 2.75) is 0 Å². The van der Waals surface area contributed by atoms with Gasteiger partial charge < -0.3 is 9.72 Å². The SMILES string of the molecule is COc1ccccc1C=Nn1cnc2c([nH]c3ccccc32)c1=O. The first kappa shape index (κ1) is 14.2. The van der Waals surface area contributed by atoms with Crippen LogP contribution in [0.15, 0.2) is 64.8 Å². The Kier molecular flexibility index (Phi) is 3.35. The van der Waals surface area contributed by atoms with Crippen LogP contribution in [0.3, 0.4) is 0 Å². The highest BCUT2D eigenvalue weighted by molar-refractivity contribution is 6.04. The Morgan fingerprint density at radius 1 is 1.17 bits per heavy atom. The lowest BCUT2D eigenvalue weighted by Crippen LogP contribution is -2.17. The van der Waals surface area contributed by atoms with Crippen molar-refractivity contribution in [3.8, 4) is 5.75 Å². The van der Waals surface area contributed by atoms with E-state index in [1.165, 1.54) is 11.0 Å². The maximum atomic E-state index is 12.6. The molecule has 0 saturated carbocycles. The van der Waals surface area contributed by atoms with Crippen LogP contribution in [0.25, 0.3) is 21.9 Å². The predicted molar refractivity (Wildman–Crippen MR) is 93.8 cm³/mol. The quantitative estimate of drug-likeness (QED) is 0.590. The van der Waals surface area contributed by atoms with E-state index in [1.54, 1.807) is 13.3 Å². The summed E-state index contributed by atoms with van der Waals surface area (Å²) >= 11 is 0. The summed E-state index contributed by atoms with van der Waals surface area (Å²) in [7, 11) is 1.59. The fraction of sp³-hybridized carbons (Fsp3) is 0.0556. The normalized spacial score (nSPS) is 11.5. The summed E-state index contributed by atoms with van der Waals surface area (Å²) in [5.74, 6) is 0.689. The number of hydrogen-bond donors (Lipinski definition) is 1. The van der Waals surface area contributed by atoms with Crippen molar-refractivity contribution in [1.82, 2.24) is 14.6 Å². The monoisotopic (exact) mass is 318 g/mol. The number of rotatable bonds is 3. The van der Waals surface area contributed by atoms with Crippen molar-refractivity contribution < 1.29 is 4.74 Å². The lowest BCUT2D eigenvalue weighted by Gasteiger charge is -2.03. The molecule has 6 nitrogen and oxygen atoms in total. The minimum absolute atomic E-state index is 0.248. The molecule has 2 heterocycles. The van der Waals surface area contributed by atoms with Crippen molar-refractivity contribution in [3.05, 3.63) is 70.8 Å². The van der Waals surface area contributed by atoms with Gasteiger partial charge in [0.1, 0.15) is 23.1 Å². The summed E-state index contributed by atoms with van der Waals surface area (Å²) in [5.41, 5.74) is 2.50. The van der Waals surface area contributed by atoms with E-state index in [2.05, 4.69) is 15.1 Å². The highest BCUT2D eigenvalue weighted by Gasteiger charge is 2.09. The molecule has 0 bridgehead atoms. The molecule has 4 rings (SSSR count). The Hall–Kier alpha value is -3.41. The van der Waals surface area contributed by atoms with Gasteiger partial charge in [-0.15, -0.1) is 0 Å². The Labute approximate surface area is 137 Å². The van der Waals surface area contributed by atoms with Crippen LogP contribution in [0.4, 0.5) is 0 Å². The van der Waals surface area contributed by atoms with E-state index < -0.39 is 0 Å². The molecular formula is C18H14N4O2. The molecule has 118 valence electrons. The molecule has 0 amide bonds. The molecule has 6 heteroatoms. The van der Waals surface area contributed by atoms with E-state index >= 15 is 0 Å². The minimum atomic E-state index is -0.248. The molecule has 0 aliphatic rings. The molecule has 4 aromatic rings. The fourth-order valence-electron chi connectivity index (χ4n) is 2.68. The molecule has 0 unspecified atom stereocenters. The van der Waals surface area contributed by atoms with E-state index in [0.29, 0.717) is 16.8 Å². The summed E-state index contributed by atoms with van der Waals surface area (Å²) < 4.78 is 6.49. The largest absolute Gasteiger partial charge is 0.496 e. The van der Waals surface area contributed by atoms with E-state index in [1.807, 2.05) is 48.5 Å². The molecule has 0 saturated heterocycles. The third-order valence-corrected chi connectivity index (χ3v) is 3.86. The fourth-order valence-corrected chi connectivity index (χ4v) is 2.68. The molecule has 0 spiro atoms. The lowest BCUT2D eigenvalue weighted by molar-refractivity contribution is 0.414. The molecule has 2 aromatic carbocycles. The average molecular weight is 318 g/mol. The summed E-state index contributed by atoms with van der Waals surface area (Å²) in [6.45, 7) is 0. The van der Waals surface area contributed by atoms with Crippen LogP contribution < -0.4 is 10.3 Å². The number of ether oxygens (including phenoxy) is 1. The maximum absolute atomic E-state index is 12.6. The number of nitrogens with zero attached hydrogens (tertiary/aromatic N) is 3. The number of fused-ring (bicyclic) bond motifs is 3. The van der Waals surface area contributed by atoms with Crippen molar-refractivity contribution in [2.24, 2.45) is 5.10 Å². The molecule has 1 N–H and O–H groups in total. The molecular weight excluding hydrogens is 304 g/mol. The smallest absolute Gasteiger partial charge is 0.298 e. The number of para-hydroxylation sites is 2. The molecule has 0 radical (unpaired) electrons. The van der Waals surface area contributed by atoms with Gasteiger partial charge in [-0.25, -0.2) is 4.98 Å². The van der Waals surface area contributed by atoms with Gasteiger partial charge in [-0.05, 0) is 18.2 Å². The number of aromatic amines is 1. The first-order valence-corrected chi connectivity index (χ1v) is 7.43. The van der Waals surface area contributed by atoms with Crippen LogP contribution in [-0.2, 0) is 0 Å². The highest BCUT2D eigenvalue weighted by atomic mass is 16.5. The molecule has 0 aliphatic heterocycles. The van der Waals surface area contributed by atoms with Crippen molar-refractivity contribution in [2.75, 3.05) is 7.11 Å². The molecule has 24 heavy (non-hydrogen) atoms. The molecule has 0 aliphatic carbocycles. The Bertz CT molecular complexity index is 1120. The average Bonchev–Trinajstić information content (AvgIpc) is 3.01. The van der Waals surface area contributed by atoms with Crippen LogP contribution >= 0.6 is 0 Å². The van der Waals surface area contributed by atoms with Gasteiger partial charge in [-0.2, -0.15) is 9.78 Å². The third-order valence-electron chi connectivity index (χ3n) is 3.86. The van der Waals surface area contributed by atoms with Crippen LogP contribution in [0.1, 0.15) is 5.56 Å². The Balaban J connectivity index is 1.83. The van der Waals surface area contributed by atoms with Gasteiger partial charge in [0.2, 0.25) is 0 Å². The van der Waals surface area contributed by atoms with Crippen LogP contribution in [0, 0.1) is 0 Å². The third kappa shape index (κ3) is 2.25. The van der Waals surface area contributed by atoms with Gasteiger partial charge in [-0.1, -0.05) is 30.3 Å². The van der Waals surface area contributed by atoms with Crippen molar-refractivity contribution in [1.29, 1.82) is 0 Å². The van der Waals surface area contributed by atoms with Crippen LogP contribution in [0.5, 0.6) is 5.75 Å². The predicted octanol–water partition coefficient (Wildman–Crippen LogP) is 2.77. The molecule has 0 fully saturated rings. The maximum Gasteiger partial charge on any atom is 0.298 e. The summed E-state index contributed by atoms with van der Waals surface area (Å²) in [4.78, 5) is 20.1. The Morgan fingerprint density at radius 3 is 2.83 bits per heavy atom. The first-order valence-electron chi connectivity index (χ1n) is 7.43. The minimum Gasteiger partial charge on any atom is -0.496 e. The first-order chi connectivity index (χ1) is 11.8. The highest BCUT2D eigenvalue weighted by Crippen LogP contribution is 2.20. The van der Waals surface area contributed by atoms with E-state index in [9.17, 15) is 4.79 Å². The standard InChI is InChI=1S/C18H14N4O2/c1-24-15-9-5-2-6-12(15)10-20-22-11-19-16-13-7-3-4-8-14(13)21-17(16)18(22)23/h2-11,21H,1H3. The molecule has 0 atom stereocenters. The van der Waals surface area contributed by atoms with Gasteiger partial charge >= 0.3 is 0 Å². The number of hydrogen-bond acceptors (Lipinski definition) is 4. The second-order valence-corrected chi connectivity index (χ2v) is 5.28. The van der Waals surface area contributed by atoms with Gasteiger partial charge in [-0.3, -0.25) is 4.79 Å². The summed E-state index contributed by atoms with van der Waals surface area (Å²) in [6.07, 6.45) is 3.01. The topological polar surface area (TPSA) is 72.3 Å². The molecule has 2 aromatic heterocycles. The zero-order valence-corrected chi connectivity index (χ0v) is 12.9. The van der Waals surface area contributed by atoms with E-state index in [4.69, 9.17) is 4.74 Å². The van der Waals surface area contributed by atoms with Gasteiger partial charge in [0.15, 0.2) is 0 Å². The number of benzene rings is 2. The zero-order valence-electron chi connectivity index (χ0n) is 12.9.